The summed E-state index contributed by atoms with van der Waals surface area (Å²) in [6, 6.07) is -1.49. The molecule has 10 nitrogen and oxygen atoms in total. The number of aliphatic carboxylic acids is 1. The molecule has 0 aromatic carbocycles. The summed E-state index contributed by atoms with van der Waals surface area (Å²) in [7, 11) is -4.64. The number of nitrogens with two attached hydrogens (primary N) is 1. The molecule has 11 heteroatoms. The molecule has 0 spiro atoms. The van der Waals surface area contributed by atoms with Crippen molar-refractivity contribution in [2.75, 3.05) is 26.4 Å². The van der Waals surface area contributed by atoms with Crippen LogP contribution in [0.2, 0.25) is 0 Å². The van der Waals surface area contributed by atoms with E-state index in [2.05, 4.69) is 111 Å². The van der Waals surface area contributed by atoms with Gasteiger partial charge in [-0.3, -0.25) is 18.6 Å². The number of carboxylic acid groups (broad SMARTS) is 1. The molecule has 0 bridgehead atoms. The Morgan fingerprint density at radius 1 is 0.541 bits per heavy atom. The third-order valence-electron chi connectivity index (χ3n) is 9.35. The molecule has 3 atom stereocenters. The van der Waals surface area contributed by atoms with Gasteiger partial charge in [-0.25, -0.2) is 4.57 Å². The average Bonchev–Trinajstić information content (AvgIpc) is 3.24. The molecule has 0 aliphatic carbocycles. The van der Waals surface area contributed by atoms with Gasteiger partial charge in [0.1, 0.15) is 12.1 Å². The number of phosphoric acid groups is 1. The van der Waals surface area contributed by atoms with E-state index in [0.717, 1.165) is 103 Å². The zero-order valence-electron chi connectivity index (χ0n) is 38.0. The van der Waals surface area contributed by atoms with Crippen LogP contribution in [0.4, 0.5) is 0 Å². The number of phosphoric ester groups is 1. The van der Waals surface area contributed by atoms with Crippen molar-refractivity contribution in [3.8, 4) is 0 Å². The fraction of sp³-hybridized carbons (Fsp3) is 0.640. The van der Waals surface area contributed by atoms with E-state index in [0.29, 0.717) is 13.0 Å². The Balaban J connectivity index is 4.32. The minimum Gasteiger partial charge on any atom is -0.480 e. The van der Waals surface area contributed by atoms with Gasteiger partial charge >= 0.3 is 19.8 Å². The van der Waals surface area contributed by atoms with Crippen molar-refractivity contribution in [1.82, 2.24) is 0 Å². The maximum atomic E-state index is 12.6. The lowest BCUT2D eigenvalue weighted by molar-refractivity contribution is -0.154. The zero-order valence-corrected chi connectivity index (χ0v) is 38.9. The lowest BCUT2D eigenvalue weighted by Gasteiger charge is -2.20. The molecule has 0 saturated carbocycles. The van der Waals surface area contributed by atoms with Crippen LogP contribution in [-0.2, 0) is 32.7 Å². The molecule has 4 N–H and O–H groups in total. The molecule has 61 heavy (non-hydrogen) atoms. The van der Waals surface area contributed by atoms with Crippen LogP contribution in [0.15, 0.2) is 97.2 Å². The summed E-state index contributed by atoms with van der Waals surface area (Å²) in [5.74, 6) is -1.82. The lowest BCUT2D eigenvalue weighted by Crippen LogP contribution is -2.34. The molecule has 348 valence electrons. The largest absolute Gasteiger partial charge is 0.480 e. The highest BCUT2D eigenvalue weighted by molar-refractivity contribution is 7.47. The first-order valence-corrected chi connectivity index (χ1v) is 24.8. The second-order valence-corrected chi connectivity index (χ2v) is 16.6. The molecule has 0 aliphatic heterocycles. The van der Waals surface area contributed by atoms with Crippen molar-refractivity contribution >= 4 is 19.8 Å². The first-order chi connectivity index (χ1) is 29.7. The van der Waals surface area contributed by atoms with Gasteiger partial charge in [0.05, 0.1) is 19.8 Å². The Hall–Kier alpha value is -3.11. The number of carboxylic acids is 1. The minimum atomic E-state index is -4.64. The summed E-state index contributed by atoms with van der Waals surface area (Å²) < 4.78 is 33.3. The zero-order chi connectivity index (χ0) is 44.8. The number of rotatable bonds is 43. The third-order valence-corrected chi connectivity index (χ3v) is 10.3. The Morgan fingerprint density at radius 2 is 0.951 bits per heavy atom. The van der Waals surface area contributed by atoms with Crippen LogP contribution in [0, 0.1) is 0 Å². The van der Waals surface area contributed by atoms with E-state index < -0.39 is 45.1 Å². The average molecular weight is 874 g/mol. The number of hydrogen-bond acceptors (Lipinski definition) is 8. The molecule has 0 rings (SSSR count). The summed E-state index contributed by atoms with van der Waals surface area (Å²) >= 11 is 0. The van der Waals surface area contributed by atoms with Gasteiger partial charge in [0.2, 0.25) is 0 Å². The van der Waals surface area contributed by atoms with Gasteiger partial charge in [-0.2, -0.15) is 0 Å². The van der Waals surface area contributed by atoms with E-state index >= 15 is 0 Å². The van der Waals surface area contributed by atoms with Gasteiger partial charge in [0.15, 0.2) is 0 Å². The van der Waals surface area contributed by atoms with Crippen molar-refractivity contribution in [2.24, 2.45) is 5.73 Å². The maximum absolute atomic E-state index is 12.6. The summed E-state index contributed by atoms with van der Waals surface area (Å²) in [6.45, 7) is 3.62. The predicted octanol–water partition coefficient (Wildman–Crippen LogP) is 13.3. The molecule has 0 saturated heterocycles. The first-order valence-electron chi connectivity index (χ1n) is 23.3. The van der Waals surface area contributed by atoms with Crippen molar-refractivity contribution < 1.29 is 42.7 Å². The van der Waals surface area contributed by atoms with Crippen LogP contribution < -0.4 is 5.73 Å². The van der Waals surface area contributed by atoms with Crippen LogP contribution >= 0.6 is 7.82 Å². The molecule has 3 unspecified atom stereocenters. The van der Waals surface area contributed by atoms with Crippen LogP contribution in [0.3, 0.4) is 0 Å². The lowest BCUT2D eigenvalue weighted by atomic mass is 10.1. The highest BCUT2D eigenvalue weighted by Gasteiger charge is 2.27. The van der Waals surface area contributed by atoms with E-state index in [-0.39, 0.29) is 13.0 Å². The number of carbonyl (C=O) groups is 2. The maximum Gasteiger partial charge on any atom is 0.472 e. The summed E-state index contributed by atoms with van der Waals surface area (Å²) in [5, 5.41) is 8.91. The second-order valence-electron chi connectivity index (χ2n) is 15.1. The Bertz CT molecular complexity index is 1330. The predicted molar refractivity (Wildman–Crippen MR) is 253 cm³/mol. The summed E-state index contributed by atoms with van der Waals surface area (Å²) in [5.41, 5.74) is 5.36. The Kier molecular flexibility index (Phi) is 42.6. The minimum absolute atomic E-state index is 0.0225. The van der Waals surface area contributed by atoms with E-state index in [4.69, 9.17) is 29.4 Å². The molecule has 0 aliphatic rings. The molecule has 0 radical (unpaired) electrons. The monoisotopic (exact) mass is 874 g/mol. The SMILES string of the molecule is CC/C=C\C/C=C\C/C=C\C/C=C\C/C=C\C/C=C\C/C=C\CCCCOCC(COP(=O)(O)OCC(N)C(=O)O)OC(=O)CCCCCCC/C=C\CCCCCCCC. The fourth-order valence-electron chi connectivity index (χ4n) is 5.75. The first kappa shape index (κ1) is 57.9. The highest BCUT2D eigenvalue weighted by atomic mass is 31.2. The van der Waals surface area contributed by atoms with Gasteiger partial charge in [-0.1, -0.05) is 162 Å². The van der Waals surface area contributed by atoms with E-state index in [1.807, 2.05) is 0 Å². The van der Waals surface area contributed by atoms with Gasteiger partial charge in [-0.15, -0.1) is 0 Å². The number of carbonyl (C=O) groups excluding carboxylic acids is 1. The Morgan fingerprint density at radius 3 is 1.44 bits per heavy atom. The number of esters is 1. The number of unbranched alkanes of at least 4 members (excludes halogenated alkanes) is 13. The van der Waals surface area contributed by atoms with Crippen molar-refractivity contribution in [3.63, 3.8) is 0 Å². The number of hydrogen-bond donors (Lipinski definition) is 3. The van der Waals surface area contributed by atoms with E-state index in [1.54, 1.807) is 0 Å². The molecule has 0 fully saturated rings. The number of allylic oxidation sites excluding steroid dienone is 16. The molecular formula is C50H84NO9P. The van der Waals surface area contributed by atoms with Crippen molar-refractivity contribution in [1.29, 1.82) is 0 Å². The quantitative estimate of drug-likeness (QED) is 0.0233. The number of ether oxygens (including phenoxy) is 2. The molecular weight excluding hydrogens is 790 g/mol. The van der Waals surface area contributed by atoms with Gasteiger partial charge in [0.25, 0.3) is 0 Å². The molecule has 0 aromatic rings. The molecule has 0 heterocycles. The molecule has 0 amide bonds. The van der Waals surface area contributed by atoms with Crippen LogP contribution in [0.25, 0.3) is 0 Å². The van der Waals surface area contributed by atoms with Gasteiger partial charge < -0.3 is 25.2 Å². The van der Waals surface area contributed by atoms with E-state index in [1.165, 1.54) is 38.5 Å². The van der Waals surface area contributed by atoms with Crippen LogP contribution in [-0.4, -0.2) is 60.5 Å². The molecule has 0 aromatic heterocycles. The topological polar surface area (TPSA) is 155 Å². The standard InChI is InChI=1S/C50H84NO9P/c1-3-5-7-9-11-13-15-17-19-20-21-22-23-24-25-26-27-29-31-33-35-37-39-41-43-57-44-47(45-58-61(55,56)59-46-48(51)50(53)54)60-49(52)42-40-38-36-34-32-30-28-18-16-14-12-10-8-6-4-2/h5,7,11,13,17-19,21-22,24-25,27-29,33,35,47-48H,3-4,6,8-10,12,14-16,20,23,26,30-32,34,36-46,51H2,1-2H3,(H,53,54)(H,55,56)/b7-5-,13-11-,19-17-,22-21-,25-24-,28-18-,29-27-,35-33-. The summed E-state index contributed by atoms with van der Waals surface area (Å²) in [4.78, 5) is 33.6. The Labute approximate surface area is 370 Å². The van der Waals surface area contributed by atoms with Crippen LogP contribution in [0.5, 0.6) is 0 Å². The van der Waals surface area contributed by atoms with Gasteiger partial charge in [0, 0.05) is 13.0 Å². The second kappa shape index (κ2) is 44.9. The normalized spacial score (nSPS) is 14.7. The van der Waals surface area contributed by atoms with Crippen molar-refractivity contribution in [2.45, 2.75) is 180 Å². The highest BCUT2D eigenvalue weighted by Crippen LogP contribution is 2.43. The van der Waals surface area contributed by atoms with Crippen LogP contribution in [0.1, 0.15) is 168 Å². The smallest absolute Gasteiger partial charge is 0.472 e. The van der Waals surface area contributed by atoms with E-state index in [9.17, 15) is 19.0 Å². The third kappa shape index (κ3) is 44.7. The van der Waals surface area contributed by atoms with Crippen molar-refractivity contribution in [3.05, 3.63) is 97.2 Å². The van der Waals surface area contributed by atoms with Gasteiger partial charge in [-0.05, 0) is 96.3 Å². The summed E-state index contributed by atoms with van der Waals surface area (Å²) in [6.07, 6.45) is 59.0. The fourth-order valence-corrected chi connectivity index (χ4v) is 6.53.